The molecule has 1 N–H and O–H groups in total. The van der Waals surface area contributed by atoms with Crippen molar-refractivity contribution in [3.8, 4) is 5.75 Å². The van der Waals surface area contributed by atoms with Crippen molar-refractivity contribution in [3.63, 3.8) is 0 Å². The number of fused-ring (bicyclic) bond motifs is 1. The molecule has 4 heterocycles. The Labute approximate surface area is 192 Å². The minimum Gasteiger partial charge on any atom is -0.487 e. The molecule has 5 rings (SSSR count). The fourth-order valence-electron chi connectivity index (χ4n) is 4.61. The van der Waals surface area contributed by atoms with Gasteiger partial charge in [-0.3, -0.25) is 0 Å². The molecule has 1 atom stereocenters. The predicted molar refractivity (Wildman–Crippen MR) is 125 cm³/mol. The quantitative estimate of drug-likeness (QED) is 0.609. The number of aryl methyl sites for hydroxylation is 1. The second-order valence-electron chi connectivity index (χ2n) is 8.99. The molecule has 0 radical (unpaired) electrons. The van der Waals surface area contributed by atoms with Crippen molar-refractivity contribution in [1.82, 2.24) is 29.4 Å². The number of likely N-dealkylation sites (tertiary alicyclic amines) is 1. The van der Waals surface area contributed by atoms with E-state index in [2.05, 4.69) is 55.6 Å². The molecule has 0 bridgehead atoms. The van der Waals surface area contributed by atoms with Crippen LogP contribution in [0.1, 0.15) is 49.2 Å². The van der Waals surface area contributed by atoms with E-state index in [9.17, 15) is 4.39 Å². The van der Waals surface area contributed by atoms with Crippen LogP contribution < -0.4 is 10.1 Å². The molecule has 1 aliphatic carbocycles. The standard InChI is InChI=1S/C24H28FN7O/c1-14(2)32-15(3)28-20-9-16(10-21(20)32)23-19(25)12-27-24(30-23)29-22-6-5-17(11-26-22)33-18-7-8-31(4)13-18/h5-6,9,11-12,14,18H,7-8,10,13H2,1-4H3,(H,26,27,29,30). The molecule has 0 spiro atoms. The molecule has 1 fully saturated rings. The number of likely N-dealkylation sites (N-methyl/N-ethyl adjacent to an activating group) is 1. The SMILES string of the molecule is Cc1nc2c(n1C(C)C)CC(c1nc(Nc3ccc(OC4CCN(C)C4)cn3)ncc1F)=C2. The lowest BCUT2D eigenvalue weighted by Gasteiger charge is -2.14. The first-order chi connectivity index (χ1) is 15.9. The van der Waals surface area contributed by atoms with E-state index in [1.54, 1.807) is 6.20 Å². The van der Waals surface area contributed by atoms with Crippen molar-refractivity contribution in [2.45, 2.75) is 45.8 Å². The summed E-state index contributed by atoms with van der Waals surface area (Å²) in [4.78, 5) is 19.8. The normalized spacial score (nSPS) is 18.0. The summed E-state index contributed by atoms with van der Waals surface area (Å²) in [5.41, 5.74) is 3.05. The molecular formula is C24H28FN7O. The summed E-state index contributed by atoms with van der Waals surface area (Å²) in [6.45, 7) is 8.19. The van der Waals surface area contributed by atoms with Gasteiger partial charge < -0.3 is 19.5 Å². The Hall–Kier alpha value is -3.33. The third-order valence-corrected chi connectivity index (χ3v) is 6.08. The number of nitrogens with one attached hydrogen (secondary N) is 1. The van der Waals surface area contributed by atoms with Crippen LogP contribution in [0, 0.1) is 12.7 Å². The molecule has 1 aliphatic heterocycles. The molecule has 2 aliphatic rings. The van der Waals surface area contributed by atoms with Crippen LogP contribution in [0.5, 0.6) is 5.75 Å². The number of rotatable bonds is 6. The number of nitrogens with zero attached hydrogens (tertiary/aromatic N) is 6. The van der Waals surface area contributed by atoms with Crippen molar-refractivity contribution >= 4 is 23.4 Å². The zero-order valence-electron chi connectivity index (χ0n) is 19.3. The summed E-state index contributed by atoms with van der Waals surface area (Å²) in [6.07, 6.45) is 6.58. The molecule has 9 heteroatoms. The number of hydrogen-bond acceptors (Lipinski definition) is 7. The average Bonchev–Trinajstić information content (AvgIpc) is 3.44. The van der Waals surface area contributed by atoms with E-state index in [0.29, 0.717) is 18.2 Å². The highest BCUT2D eigenvalue weighted by Crippen LogP contribution is 2.34. The Kier molecular flexibility index (Phi) is 5.57. The summed E-state index contributed by atoms with van der Waals surface area (Å²) >= 11 is 0. The number of hydrogen-bond donors (Lipinski definition) is 1. The highest BCUT2D eigenvalue weighted by molar-refractivity contribution is 5.86. The Morgan fingerprint density at radius 1 is 1.18 bits per heavy atom. The Morgan fingerprint density at radius 3 is 2.73 bits per heavy atom. The van der Waals surface area contributed by atoms with E-state index >= 15 is 0 Å². The van der Waals surface area contributed by atoms with Crippen LogP contribution in [-0.4, -0.2) is 55.6 Å². The van der Waals surface area contributed by atoms with Gasteiger partial charge in [-0.2, -0.15) is 0 Å². The number of ether oxygens (including phenoxy) is 1. The molecule has 3 aromatic heterocycles. The minimum atomic E-state index is -0.456. The van der Waals surface area contributed by atoms with Crippen LogP contribution in [0.25, 0.3) is 11.6 Å². The molecule has 0 amide bonds. The van der Waals surface area contributed by atoms with E-state index in [1.807, 2.05) is 25.1 Å². The Balaban J connectivity index is 1.31. The zero-order valence-corrected chi connectivity index (χ0v) is 19.3. The maximum atomic E-state index is 14.6. The van der Waals surface area contributed by atoms with Crippen molar-refractivity contribution in [2.75, 3.05) is 25.5 Å². The monoisotopic (exact) mass is 449 g/mol. The molecule has 8 nitrogen and oxygen atoms in total. The van der Waals surface area contributed by atoms with Gasteiger partial charge in [0.2, 0.25) is 5.95 Å². The van der Waals surface area contributed by atoms with Crippen LogP contribution >= 0.6 is 0 Å². The van der Waals surface area contributed by atoms with Crippen molar-refractivity contribution in [1.29, 1.82) is 0 Å². The number of pyridine rings is 1. The lowest BCUT2D eigenvalue weighted by Crippen LogP contribution is -2.21. The van der Waals surface area contributed by atoms with Gasteiger partial charge in [-0.05, 0) is 58.0 Å². The summed E-state index contributed by atoms with van der Waals surface area (Å²) in [7, 11) is 2.09. The van der Waals surface area contributed by atoms with Crippen molar-refractivity contribution in [3.05, 3.63) is 53.2 Å². The van der Waals surface area contributed by atoms with Gasteiger partial charge in [0.05, 0.1) is 18.1 Å². The number of aromatic nitrogens is 5. The highest BCUT2D eigenvalue weighted by atomic mass is 19.1. The number of anilines is 2. The number of imidazole rings is 1. The first-order valence-electron chi connectivity index (χ1n) is 11.3. The lowest BCUT2D eigenvalue weighted by atomic mass is 10.1. The van der Waals surface area contributed by atoms with Gasteiger partial charge in [0, 0.05) is 31.2 Å². The van der Waals surface area contributed by atoms with E-state index in [0.717, 1.165) is 48.0 Å². The largest absolute Gasteiger partial charge is 0.487 e. The van der Waals surface area contributed by atoms with Gasteiger partial charge in [-0.1, -0.05) is 0 Å². The minimum absolute atomic E-state index is 0.188. The topological polar surface area (TPSA) is 81.0 Å². The first-order valence-corrected chi connectivity index (χ1v) is 11.3. The highest BCUT2D eigenvalue weighted by Gasteiger charge is 2.25. The van der Waals surface area contributed by atoms with Gasteiger partial charge in [-0.15, -0.1) is 0 Å². The van der Waals surface area contributed by atoms with Gasteiger partial charge in [0.25, 0.3) is 0 Å². The van der Waals surface area contributed by atoms with Crippen molar-refractivity contribution < 1.29 is 9.13 Å². The molecule has 33 heavy (non-hydrogen) atoms. The Bertz CT molecular complexity index is 1200. The fourth-order valence-corrected chi connectivity index (χ4v) is 4.61. The lowest BCUT2D eigenvalue weighted by molar-refractivity contribution is 0.207. The molecule has 3 aromatic rings. The van der Waals surface area contributed by atoms with E-state index < -0.39 is 5.82 Å². The maximum absolute atomic E-state index is 14.6. The van der Waals surface area contributed by atoms with Crippen LogP contribution in [-0.2, 0) is 6.42 Å². The molecule has 1 saturated heterocycles. The molecular weight excluding hydrogens is 421 g/mol. The third-order valence-electron chi connectivity index (χ3n) is 6.08. The zero-order chi connectivity index (χ0) is 23.1. The molecule has 0 aromatic carbocycles. The average molecular weight is 450 g/mol. The molecule has 172 valence electrons. The van der Waals surface area contributed by atoms with Gasteiger partial charge >= 0.3 is 0 Å². The second-order valence-corrected chi connectivity index (χ2v) is 8.99. The van der Waals surface area contributed by atoms with Crippen LogP contribution in [0.3, 0.4) is 0 Å². The van der Waals surface area contributed by atoms with Crippen LogP contribution in [0.4, 0.5) is 16.2 Å². The van der Waals surface area contributed by atoms with Gasteiger partial charge in [0.15, 0.2) is 5.82 Å². The Morgan fingerprint density at radius 2 is 2.03 bits per heavy atom. The summed E-state index contributed by atoms with van der Waals surface area (Å²) in [5, 5.41) is 3.06. The van der Waals surface area contributed by atoms with E-state index in [1.165, 1.54) is 6.20 Å². The summed E-state index contributed by atoms with van der Waals surface area (Å²) in [6, 6.07) is 3.96. The van der Waals surface area contributed by atoms with Gasteiger partial charge in [0.1, 0.15) is 29.2 Å². The van der Waals surface area contributed by atoms with Crippen LogP contribution in [0.2, 0.25) is 0 Å². The number of allylic oxidation sites excluding steroid dienone is 1. The van der Waals surface area contributed by atoms with Crippen molar-refractivity contribution in [2.24, 2.45) is 0 Å². The molecule has 0 saturated carbocycles. The first kappa shape index (κ1) is 21.5. The van der Waals surface area contributed by atoms with Gasteiger partial charge in [-0.25, -0.2) is 24.3 Å². The number of halogens is 1. The molecule has 1 unspecified atom stereocenters. The summed E-state index contributed by atoms with van der Waals surface area (Å²) in [5.74, 6) is 2.09. The smallest absolute Gasteiger partial charge is 0.229 e. The van der Waals surface area contributed by atoms with E-state index in [4.69, 9.17) is 4.74 Å². The predicted octanol–water partition coefficient (Wildman–Crippen LogP) is 4.02. The summed E-state index contributed by atoms with van der Waals surface area (Å²) < 4.78 is 22.8. The fraction of sp³-hybridized carbons (Fsp3) is 0.417. The third kappa shape index (κ3) is 4.32. The second kappa shape index (κ2) is 8.55. The maximum Gasteiger partial charge on any atom is 0.229 e. The van der Waals surface area contributed by atoms with Crippen LogP contribution in [0.15, 0.2) is 24.5 Å². The van der Waals surface area contributed by atoms with E-state index in [-0.39, 0.29) is 17.8 Å².